The van der Waals surface area contributed by atoms with Crippen LogP contribution in [-0.4, -0.2) is 32.7 Å². The first-order valence-electron chi connectivity index (χ1n) is 9.32. The summed E-state index contributed by atoms with van der Waals surface area (Å²) in [5.41, 5.74) is 3.77. The summed E-state index contributed by atoms with van der Waals surface area (Å²) in [6.07, 6.45) is 3.62. The van der Waals surface area contributed by atoms with Gasteiger partial charge in [0.25, 0.3) is 0 Å². The maximum Gasteiger partial charge on any atom is 0.149 e. The summed E-state index contributed by atoms with van der Waals surface area (Å²) in [5.74, 6) is 0.876. The zero-order valence-electron chi connectivity index (χ0n) is 16.5. The van der Waals surface area contributed by atoms with Crippen molar-refractivity contribution >= 4 is 28.6 Å². The molecule has 5 nitrogen and oxygen atoms in total. The van der Waals surface area contributed by atoms with E-state index in [1.54, 1.807) is 20.4 Å². The van der Waals surface area contributed by atoms with Crippen LogP contribution in [0.25, 0.3) is 27.8 Å². The first kappa shape index (κ1) is 19.2. The number of para-hydroxylation sites is 2. The van der Waals surface area contributed by atoms with Gasteiger partial charge in [0.1, 0.15) is 28.5 Å². The first-order valence-corrected chi connectivity index (χ1v) is 10.2. The van der Waals surface area contributed by atoms with Crippen molar-refractivity contribution < 1.29 is 9.53 Å². The van der Waals surface area contributed by atoms with Crippen LogP contribution in [0.5, 0.6) is 5.75 Å². The highest BCUT2D eigenvalue weighted by Crippen LogP contribution is 2.39. The number of nitrogens with zero attached hydrogens (tertiary/aromatic N) is 3. The molecule has 0 aliphatic rings. The summed E-state index contributed by atoms with van der Waals surface area (Å²) < 4.78 is 7.60. The largest absolute Gasteiger partial charge is 0.495 e. The summed E-state index contributed by atoms with van der Waals surface area (Å²) in [5, 5.41) is 1.54. The zero-order valence-corrected chi connectivity index (χ0v) is 17.3. The van der Waals surface area contributed by atoms with E-state index < -0.39 is 0 Å². The van der Waals surface area contributed by atoms with Crippen molar-refractivity contribution in [2.24, 2.45) is 0 Å². The molecule has 6 heteroatoms. The number of aromatic nitrogens is 3. The SMILES string of the molecule is COc1ccccc1-n1cc(-c2ccccc2)c2c(S[C@H](C)C(C)=O)ncnc21. The van der Waals surface area contributed by atoms with Gasteiger partial charge in [-0.15, -0.1) is 0 Å². The number of rotatable bonds is 6. The van der Waals surface area contributed by atoms with Crippen LogP contribution in [0, 0.1) is 0 Å². The Morgan fingerprint density at radius 3 is 2.52 bits per heavy atom. The van der Waals surface area contributed by atoms with Gasteiger partial charge in [-0.3, -0.25) is 9.36 Å². The number of methoxy groups -OCH3 is 1. The zero-order chi connectivity index (χ0) is 20.4. The smallest absolute Gasteiger partial charge is 0.149 e. The van der Waals surface area contributed by atoms with E-state index in [1.807, 2.05) is 54.0 Å². The minimum Gasteiger partial charge on any atom is -0.495 e. The van der Waals surface area contributed by atoms with Gasteiger partial charge in [0.05, 0.1) is 23.4 Å². The number of Topliss-reactive ketones (excluding diaryl/α,β-unsaturated/α-hetero) is 1. The van der Waals surface area contributed by atoms with Gasteiger partial charge < -0.3 is 4.74 Å². The van der Waals surface area contributed by atoms with Crippen LogP contribution in [0.2, 0.25) is 0 Å². The highest BCUT2D eigenvalue weighted by atomic mass is 32.2. The predicted molar refractivity (Wildman–Crippen MR) is 117 cm³/mol. The third-order valence-electron chi connectivity index (χ3n) is 4.84. The molecule has 0 radical (unpaired) electrons. The fourth-order valence-electron chi connectivity index (χ4n) is 3.22. The van der Waals surface area contributed by atoms with Gasteiger partial charge in [0, 0.05) is 11.8 Å². The van der Waals surface area contributed by atoms with Gasteiger partial charge in [-0.25, -0.2) is 9.97 Å². The Bertz CT molecular complexity index is 1170. The lowest BCUT2D eigenvalue weighted by Gasteiger charge is -2.11. The van der Waals surface area contributed by atoms with Gasteiger partial charge in [-0.1, -0.05) is 54.2 Å². The van der Waals surface area contributed by atoms with E-state index >= 15 is 0 Å². The molecule has 146 valence electrons. The number of hydrogen-bond donors (Lipinski definition) is 0. The number of ketones is 1. The van der Waals surface area contributed by atoms with Crippen molar-refractivity contribution in [2.45, 2.75) is 24.1 Å². The van der Waals surface area contributed by atoms with Gasteiger partial charge in [-0.05, 0) is 31.5 Å². The van der Waals surface area contributed by atoms with Crippen LogP contribution in [0.1, 0.15) is 13.8 Å². The van der Waals surface area contributed by atoms with Crippen molar-refractivity contribution in [2.75, 3.05) is 7.11 Å². The molecule has 0 bridgehead atoms. The fourth-order valence-corrected chi connectivity index (χ4v) is 4.15. The van der Waals surface area contributed by atoms with Crippen LogP contribution in [0.4, 0.5) is 0 Å². The van der Waals surface area contributed by atoms with E-state index in [4.69, 9.17) is 4.74 Å². The maximum absolute atomic E-state index is 11.9. The van der Waals surface area contributed by atoms with E-state index in [0.29, 0.717) is 0 Å². The van der Waals surface area contributed by atoms with Gasteiger partial charge in [-0.2, -0.15) is 0 Å². The van der Waals surface area contributed by atoms with Crippen LogP contribution in [-0.2, 0) is 4.79 Å². The molecule has 2 aromatic carbocycles. The van der Waals surface area contributed by atoms with E-state index in [9.17, 15) is 4.79 Å². The highest BCUT2D eigenvalue weighted by molar-refractivity contribution is 8.00. The molecule has 0 aliphatic heterocycles. The summed E-state index contributed by atoms with van der Waals surface area (Å²) in [7, 11) is 1.66. The molecule has 2 aromatic heterocycles. The minimum absolute atomic E-state index is 0.118. The normalized spacial score (nSPS) is 12.1. The van der Waals surface area contributed by atoms with Crippen LogP contribution in [0.15, 0.2) is 72.1 Å². The van der Waals surface area contributed by atoms with E-state index in [1.165, 1.54) is 11.8 Å². The van der Waals surface area contributed by atoms with Crippen molar-refractivity contribution in [1.82, 2.24) is 14.5 Å². The number of carbonyl (C=O) groups excluding carboxylic acids is 1. The molecule has 0 spiro atoms. The molecule has 0 N–H and O–H groups in total. The number of ether oxygens (including phenoxy) is 1. The quantitative estimate of drug-likeness (QED) is 0.328. The van der Waals surface area contributed by atoms with Crippen LogP contribution in [0.3, 0.4) is 0 Å². The molecule has 29 heavy (non-hydrogen) atoms. The Hall–Kier alpha value is -3.12. The predicted octanol–water partition coefficient (Wildman–Crippen LogP) is 5.17. The molecule has 0 amide bonds. The lowest BCUT2D eigenvalue weighted by molar-refractivity contribution is -0.116. The summed E-state index contributed by atoms with van der Waals surface area (Å²) in [6, 6.07) is 18.0. The number of thioether (sulfide) groups is 1. The molecule has 0 saturated heterocycles. The highest BCUT2D eigenvalue weighted by Gasteiger charge is 2.21. The van der Waals surface area contributed by atoms with Crippen LogP contribution < -0.4 is 4.74 Å². The monoisotopic (exact) mass is 403 g/mol. The summed E-state index contributed by atoms with van der Waals surface area (Å²) in [6.45, 7) is 3.51. The van der Waals surface area contributed by atoms with Gasteiger partial charge >= 0.3 is 0 Å². The number of fused-ring (bicyclic) bond motifs is 1. The number of benzene rings is 2. The third kappa shape index (κ3) is 3.63. The van der Waals surface area contributed by atoms with E-state index in [0.717, 1.165) is 38.6 Å². The summed E-state index contributed by atoms with van der Waals surface area (Å²) >= 11 is 1.46. The van der Waals surface area contributed by atoms with Crippen molar-refractivity contribution in [3.05, 3.63) is 67.1 Å². The Morgan fingerprint density at radius 1 is 1.07 bits per heavy atom. The average molecular weight is 404 g/mol. The second kappa shape index (κ2) is 8.09. The molecule has 4 rings (SSSR count). The van der Waals surface area contributed by atoms with Crippen molar-refractivity contribution in [3.63, 3.8) is 0 Å². The topological polar surface area (TPSA) is 57.0 Å². The standard InChI is InChI=1S/C23H21N3O2S/c1-15(27)16(2)29-23-21-18(17-9-5-4-6-10-17)13-26(22(21)24-14-25-23)19-11-7-8-12-20(19)28-3/h4-14,16H,1-3H3/t16-/m1/s1. The second-order valence-corrected chi connectivity index (χ2v) is 8.03. The molecule has 1 atom stereocenters. The summed E-state index contributed by atoms with van der Waals surface area (Å²) in [4.78, 5) is 21.0. The van der Waals surface area contributed by atoms with Gasteiger partial charge in [0.2, 0.25) is 0 Å². The molecule has 0 fully saturated rings. The van der Waals surface area contributed by atoms with E-state index in [-0.39, 0.29) is 11.0 Å². The Labute approximate surface area is 173 Å². The molecule has 2 heterocycles. The van der Waals surface area contributed by atoms with Gasteiger partial charge in [0.15, 0.2) is 0 Å². The fraction of sp³-hybridized carbons (Fsp3) is 0.174. The lowest BCUT2D eigenvalue weighted by atomic mass is 10.1. The van der Waals surface area contributed by atoms with Crippen molar-refractivity contribution in [1.29, 1.82) is 0 Å². The molecular weight excluding hydrogens is 382 g/mol. The third-order valence-corrected chi connectivity index (χ3v) is 6.06. The second-order valence-electron chi connectivity index (χ2n) is 6.70. The first-order chi connectivity index (χ1) is 14.1. The lowest BCUT2D eigenvalue weighted by Crippen LogP contribution is -2.08. The maximum atomic E-state index is 11.9. The number of carbonyl (C=O) groups is 1. The Kier molecular flexibility index (Phi) is 5.36. The molecule has 0 saturated carbocycles. The Morgan fingerprint density at radius 2 is 1.79 bits per heavy atom. The minimum atomic E-state index is -0.189. The van der Waals surface area contributed by atoms with E-state index in [2.05, 4.69) is 28.3 Å². The average Bonchev–Trinajstić information content (AvgIpc) is 3.15. The van der Waals surface area contributed by atoms with Crippen molar-refractivity contribution in [3.8, 4) is 22.6 Å². The molecule has 0 unspecified atom stereocenters. The molecule has 4 aromatic rings. The molecular formula is C23H21N3O2S. The molecule has 0 aliphatic carbocycles. The Balaban J connectivity index is 2.01. The number of hydrogen-bond acceptors (Lipinski definition) is 5. The van der Waals surface area contributed by atoms with Crippen LogP contribution >= 0.6 is 11.8 Å².